The zero-order valence-electron chi connectivity index (χ0n) is 18.2. The van der Waals surface area contributed by atoms with Crippen LogP contribution in [0.25, 0.3) is 16.7 Å². The number of hydrogen-bond donors (Lipinski definition) is 0. The number of nitrogens with zero attached hydrogens (tertiary/aromatic N) is 6. The normalized spacial score (nSPS) is 13.7. The Balaban J connectivity index is 1.63. The lowest BCUT2D eigenvalue weighted by Gasteiger charge is -2.22. The van der Waals surface area contributed by atoms with E-state index < -0.39 is 11.3 Å². The fourth-order valence-electron chi connectivity index (χ4n) is 3.96. The molecule has 0 saturated carbocycles. The van der Waals surface area contributed by atoms with E-state index in [1.54, 1.807) is 35.9 Å². The Labute approximate surface area is 195 Å². The van der Waals surface area contributed by atoms with Gasteiger partial charge in [-0.1, -0.05) is 23.7 Å². The van der Waals surface area contributed by atoms with E-state index in [4.69, 9.17) is 21.6 Å². The Bertz CT molecular complexity index is 1430. The van der Waals surface area contributed by atoms with Crippen molar-refractivity contribution in [2.45, 2.75) is 13.3 Å². The van der Waals surface area contributed by atoms with Crippen LogP contribution in [0.2, 0.25) is 5.02 Å². The molecule has 3 heterocycles. The molecule has 1 aliphatic heterocycles. The first-order chi connectivity index (χ1) is 15.9. The largest absolute Gasteiger partial charge is 0.357 e. The van der Waals surface area contributed by atoms with Crippen molar-refractivity contribution in [3.8, 4) is 5.69 Å². The van der Waals surface area contributed by atoms with Crippen LogP contribution >= 0.6 is 11.6 Å². The summed E-state index contributed by atoms with van der Waals surface area (Å²) in [6.45, 7) is 2.88. The SMILES string of the molecule is Cc1cc(=O)c(C(=O)N2CCCN(C)c3nc4ccccc4nc32)nn1-c1ccc(Cl)cc1. The summed E-state index contributed by atoms with van der Waals surface area (Å²) >= 11 is 6.01. The number of halogens is 1. The van der Waals surface area contributed by atoms with Gasteiger partial charge in [-0.25, -0.2) is 14.6 Å². The molecule has 0 radical (unpaired) electrons. The van der Waals surface area contributed by atoms with Crippen LogP contribution in [0.1, 0.15) is 22.6 Å². The molecule has 4 aromatic rings. The summed E-state index contributed by atoms with van der Waals surface area (Å²) in [6.07, 6.45) is 0.702. The lowest BCUT2D eigenvalue weighted by atomic mass is 10.2. The number of fused-ring (bicyclic) bond motifs is 2. The van der Waals surface area contributed by atoms with E-state index in [0.29, 0.717) is 53.1 Å². The molecular formula is C24H21ClN6O2. The molecule has 0 bridgehead atoms. The smallest absolute Gasteiger partial charge is 0.284 e. The molecule has 0 N–H and O–H groups in total. The van der Waals surface area contributed by atoms with Crippen LogP contribution < -0.4 is 15.2 Å². The molecule has 9 heteroatoms. The first-order valence-electron chi connectivity index (χ1n) is 10.6. The number of anilines is 2. The van der Waals surface area contributed by atoms with Gasteiger partial charge < -0.3 is 4.90 Å². The molecule has 1 aliphatic rings. The molecule has 166 valence electrons. The van der Waals surface area contributed by atoms with Crippen LogP contribution in [0.5, 0.6) is 0 Å². The summed E-state index contributed by atoms with van der Waals surface area (Å²) < 4.78 is 1.57. The van der Waals surface area contributed by atoms with Gasteiger partial charge in [0.05, 0.1) is 16.7 Å². The average molecular weight is 461 g/mol. The van der Waals surface area contributed by atoms with E-state index in [1.165, 1.54) is 11.0 Å². The zero-order chi connectivity index (χ0) is 23.1. The van der Waals surface area contributed by atoms with Crippen molar-refractivity contribution in [1.82, 2.24) is 19.7 Å². The third kappa shape index (κ3) is 3.82. The number of amides is 1. The summed E-state index contributed by atoms with van der Waals surface area (Å²) in [4.78, 5) is 39.5. The third-order valence-electron chi connectivity index (χ3n) is 5.65. The van der Waals surface area contributed by atoms with Crippen molar-refractivity contribution in [3.05, 3.63) is 81.2 Å². The van der Waals surface area contributed by atoms with E-state index in [1.807, 2.05) is 36.2 Å². The predicted molar refractivity (Wildman–Crippen MR) is 129 cm³/mol. The van der Waals surface area contributed by atoms with E-state index in [2.05, 4.69) is 5.10 Å². The van der Waals surface area contributed by atoms with Crippen molar-refractivity contribution >= 4 is 40.2 Å². The number of benzene rings is 2. The highest BCUT2D eigenvalue weighted by Crippen LogP contribution is 2.30. The molecule has 0 fully saturated rings. The summed E-state index contributed by atoms with van der Waals surface area (Å²) in [5, 5.41) is 5.03. The highest BCUT2D eigenvalue weighted by molar-refractivity contribution is 6.30. The quantitative estimate of drug-likeness (QED) is 0.454. The van der Waals surface area contributed by atoms with Crippen LogP contribution in [0.4, 0.5) is 11.6 Å². The molecule has 8 nitrogen and oxygen atoms in total. The van der Waals surface area contributed by atoms with Gasteiger partial charge in [0.1, 0.15) is 0 Å². The van der Waals surface area contributed by atoms with Crippen LogP contribution in [0.3, 0.4) is 0 Å². The minimum Gasteiger partial charge on any atom is -0.357 e. The van der Waals surface area contributed by atoms with Crippen LogP contribution in [-0.4, -0.2) is 45.8 Å². The first-order valence-corrected chi connectivity index (χ1v) is 11.0. The Kier molecular flexibility index (Phi) is 5.30. The van der Waals surface area contributed by atoms with Gasteiger partial charge >= 0.3 is 0 Å². The molecule has 1 amide bonds. The number of hydrogen-bond acceptors (Lipinski definition) is 6. The molecule has 2 aromatic carbocycles. The maximum atomic E-state index is 13.7. The van der Waals surface area contributed by atoms with Gasteiger partial charge in [0, 0.05) is 36.9 Å². The summed E-state index contributed by atoms with van der Waals surface area (Å²) in [6, 6.07) is 16.0. The van der Waals surface area contributed by atoms with Gasteiger partial charge in [-0.2, -0.15) is 5.10 Å². The topological polar surface area (TPSA) is 84.2 Å². The Morgan fingerprint density at radius 3 is 2.33 bits per heavy atom. The number of rotatable bonds is 2. The second-order valence-electron chi connectivity index (χ2n) is 7.98. The molecule has 0 aliphatic carbocycles. The minimum absolute atomic E-state index is 0.166. The molecule has 0 saturated heterocycles. The van der Waals surface area contributed by atoms with Crippen molar-refractivity contribution in [2.75, 3.05) is 29.9 Å². The highest BCUT2D eigenvalue weighted by Gasteiger charge is 2.30. The summed E-state index contributed by atoms with van der Waals surface area (Å²) in [5.41, 5.74) is 2.14. The maximum absolute atomic E-state index is 13.7. The van der Waals surface area contributed by atoms with Crippen LogP contribution in [0, 0.1) is 6.92 Å². The second kappa shape index (κ2) is 8.29. The molecule has 0 spiro atoms. The third-order valence-corrected chi connectivity index (χ3v) is 5.91. The monoisotopic (exact) mass is 460 g/mol. The number of para-hydroxylation sites is 2. The molecular weight excluding hydrogens is 440 g/mol. The van der Waals surface area contributed by atoms with Crippen molar-refractivity contribution in [2.24, 2.45) is 0 Å². The lowest BCUT2D eigenvalue weighted by molar-refractivity contribution is 0.0979. The molecule has 5 rings (SSSR count). The van der Waals surface area contributed by atoms with Crippen LogP contribution in [0.15, 0.2) is 59.4 Å². The fraction of sp³-hybridized carbons (Fsp3) is 0.208. The Morgan fingerprint density at radius 2 is 1.64 bits per heavy atom. The minimum atomic E-state index is -0.496. The lowest BCUT2D eigenvalue weighted by Crippen LogP contribution is -2.37. The van der Waals surface area contributed by atoms with Crippen molar-refractivity contribution in [3.63, 3.8) is 0 Å². The zero-order valence-corrected chi connectivity index (χ0v) is 19.0. The number of carbonyl (C=O) groups is 1. The van der Waals surface area contributed by atoms with Crippen molar-refractivity contribution < 1.29 is 4.79 Å². The first kappa shape index (κ1) is 21.1. The maximum Gasteiger partial charge on any atom is 0.284 e. The molecule has 33 heavy (non-hydrogen) atoms. The van der Waals surface area contributed by atoms with E-state index in [0.717, 1.165) is 5.52 Å². The molecule has 0 atom stereocenters. The standard InChI is InChI=1S/C24H21ClN6O2/c1-15-14-20(32)21(28-31(15)17-10-8-16(25)9-11-17)24(33)30-13-5-12-29(2)22-23(30)27-19-7-4-3-6-18(19)26-22/h3-4,6-11,14H,5,12-13H2,1-2H3. The molecule has 0 unspecified atom stereocenters. The summed E-state index contributed by atoms with van der Waals surface area (Å²) in [7, 11) is 1.92. The number of carbonyl (C=O) groups excluding carboxylic acids is 1. The van der Waals surface area contributed by atoms with E-state index in [9.17, 15) is 9.59 Å². The highest BCUT2D eigenvalue weighted by atomic mass is 35.5. The summed E-state index contributed by atoms with van der Waals surface area (Å²) in [5.74, 6) is 0.534. The van der Waals surface area contributed by atoms with Gasteiger partial charge in [-0.3, -0.25) is 14.5 Å². The number of aromatic nitrogens is 4. The predicted octanol–water partition coefficient (Wildman–Crippen LogP) is 3.62. The van der Waals surface area contributed by atoms with Crippen LogP contribution in [-0.2, 0) is 0 Å². The Hall–Kier alpha value is -3.78. The number of aryl methyl sites for hydroxylation is 1. The van der Waals surface area contributed by atoms with E-state index >= 15 is 0 Å². The van der Waals surface area contributed by atoms with Gasteiger partial charge in [-0.05, 0) is 49.7 Å². The Morgan fingerprint density at radius 1 is 0.970 bits per heavy atom. The van der Waals surface area contributed by atoms with Crippen molar-refractivity contribution in [1.29, 1.82) is 0 Å². The van der Waals surface area contributed by atoms with Gasteiger partial charge in [-0.15, -0.1) is 0 Å². The van der Waals surface area contributed by atoms with Gasteiger partial charge in [0.2, 0.25) is 5.43 Å². The van der Waals surface area contributed by atoms with Gasteiger partial charge in [0.25, 0.3) is 5.91 Å². The fourth-order valence-corrected chi connectivity index (χ4v) is 4.09. The molecule has 2 aromatic heterocycles. The second-order valence-corrected chi connectivity index (χ2v) is 8.41. The van der Waals surface area contributed by atoms with E-state index in [-0.39, 0.29) is 5.69 Å². The van der Waals surface area contributed by atoms with Gasteiger partial charge in [0.15, 0.2) is 17.3 Å². The average Bonchev–Trinajstić information content (AvgIpc) is 2.96.